The highest BCUT2D eigenvalue weighted by molar-refractivity contribution is 6.31. The van der Waals surface area contributed by atoms with E-state index in [1.54, 1.807) is 24.4 Å². The topological polar surface area (TPSA) is 63.2 Å². The van der Waals surface area contributed by atoms with Crippen molar-refractivity contribution in [2.75, 3.05) is 24.3 Å². The Labute approximate surface area is 147 Å². The number of benzene rings is 1. The fraction of sp³-hybridized carbons (Fsp3) is 0.333. The first-order chi connectivity index (χ1) is 11.5. The fourth-order valence-electron chi connectivity index (χ4n) is 2.19. The van der Waals surface area contributed by atoms with E-state index in [-0.39, 0.29) is 5.91 Å². The number of rotatable bonds is 7. The number of halogens is 1. The van der Waals surface area contributed by atoms with E-state index in [2.05, 4.69) is 22.5 Å². The van der Waals surface area contributed by atoms with Gasteiger partial charge in [0, 0.05) is 30.0 Å². The summed E-state index contributed by atoms with van der Waals surface area (Å²) >= 11 is 6.09. The molecule has 0 spiro atoms. The maximum atomic E-state index is 12.5. The number of ether oxygens (including phenoxy) is 1. The molecule has 0 aliphatic carbocycles. The lowest BCUT2D eigenvalue weighted by Crippen LogP contribution is -2.14. The highest BCUT2D eigenvalue weighted by Gasteiger charge is 2.12. The average Bonchev–Trinajstić information content (AvgIpc) is 2.58. The number of anilines is 2. The summed E-state index contributed by atoms with van der Waals surface area (Å²) in [6, 6.07) is 5.26. The third kappa shape index (κ3) is 4.61. The molecular weight excluding hydrogens is 326 g/mol. The van der Waals surface area contributed by atoms with Gasteiger partial charge in [-0.3, -0.25) is 9.78 Å². The van der Waals surface area contributed by atoms with Gasteiger partial charge in [-0.15, -0.1) is 0 Å². The Morgan fingerprint density at radius 3 is 2.79 bits per heavy atom. The number of hydrogen-bond donors (Lipinski definition) is 2. The number of unbranched alkanes of at least 4 members (excludes halogenated alkanes) is 1. The van der Waals surface area contributed by atoms with E-state index in [4.69, 9.17) is 16.3 Å². The van der Waals surface area contributed by atoms with Crippen molar-refractivity contribution >= 4 is 28.9 Å². The molecule has 0 fully saturated rings. The Kier molecular flexibility index (Phi) is 6.44. The van der Waals surface area contributed by atoms with Crippen molar-refractivity contribution in [3.63, 3.8) is 0 Å². The van der Waals surface area contributed by atoms with Gasteiger partial charge in [-0.2, -0.15) is 0 Å². The molecule has 24 heavy (non-hydrogen) atoms. The van der Waals surface area contributed by atoms with Crippen LogP contribution in [0.15, 0.2) is 30.6 Å². The van der Waals surface area contributed by atoms with Crippen LogP contribution in [0.25, 0.3) is 0 Å². The van der Waals surface area contributed by atoms with Gasteiger partial charge in [0.25, 0.3) is 5.91 Å². The lowest BCUT2D eigenvalue weighted by Gasteiger charge is -2.13. The van der Waals surface area contributed by atoms with Crippen LogP contribution < -0.4 is 15.4 Å². The molecule has 2 aromatic rings. The van der Waals surface area contributed by atoms with E-state index >= 15 is 0 Å². The summed E-state index contributed by atoms with van der Waals surface area (Å²) in [7, 11) is 1.54. The fourth-order valence-corrected chi connectivity index (χ4v) is 2.35. The van der Waals surface area contributed by atoms with Crippen LogP contribution in [0.1, 0.15) is 35.7 Å². The smallest absolute Gasteiger partial charge is 0.257 e. The first-order valence-electron chi connectivity index (χ1n) is 7.89. The molecule has 2 N–H and O–H groups in total. The molecule has 0 bridgehead atoms. The number of carbonyl (C=O) groups excluding carboxylic acids is 1. The van der Waals surface area contributed by atoms with Crippen LogP contribution in [0, 0.1) is 6.92 Å². The first kappa shape index (κ1) is 18.1. The lowest BCUT2D eigenvalue weighted by molar-refractivity contribution is 0.102. The molecule has 1 amide bonds. The van der Waals surface area contributed by atoms with Gasteiger partial charge in [0.2, 0.25) is 0 Å². The highest BCUT2D eigenvalue weighted by atomic mass is 35.5. The Bertz CT molecular complexity index is 719. The maximum Gasteiger partial charge on any atom is 0.257 e. The molecule has 1 aromatic heterocycles. The molecule has 1 aromatic carbocycles. The van der Waals surface area contributed by atoms with Crippen LogP contribution in [0.3, 0.4) is 0 Å². The highest BCUT2D eigenvalue weighted by Crippen LogP contribution is 2.31. The summed E-state index contributed by atoms with van der Waals surface area (Å²) in [5.74, 6) is 0.269. The lowest BCUT2D eigenvalue weighted by atomic mass is 10.2. The summed E-state index contributed by atoms with van der Waals surface area (Å²) in [6.07, 6.45) is 5.42. The van der Waals surface area contributed by atoms with Crippen molar-refractivity contribution in [3.05, 3.63) is 46.7 Å². The quantitative estimate of drug-likeness (QED) is 0.723. The molecule has 0 saturated carbocycles. The van der Waals surface area contributed by atoms with Crippen LogP contribution in [-0.4, -0.2) is 24.5 Å². The molecule has 128 valence electrons. The molecule has 5 nitrogen and oxygen atoms in total. The predicted molar refractivity (Wildman–Crippen MR) is 98.3 cm³/mol. The molecule has 0 atom stereocenters. The molecule has 0 saturated heterocycles. The van der Waals surface area contributed by atoms with Gasteiger partial charge in [-0.25, -0.2) is 0 Å². The number of nitrogens with one attached hydrogen (secondary N) is 2. The number of nitrogens with zero attached hydrogens (tertiary/aromatic N) is 1. The molecule has 2 rings (SSSR count). The van der Waals surface area contributed by atoms with Crippen molar-refractivity contribution in [1.29, 1.82) is 0 Å². The van der Waals surface area contributed by atoms with Gasteiger partial charge >= 0.3 is 0 Å². The first-order valence-corrected chi connectivity index (χ1v) is 8.27. The SMILES string of the molecule is CCCCNc1cncc(C(=O)Nc2cc(C)c(Cl)cc2OC)c1. The second-order valence-electron chi connectivity index (χ2n) is 5.50. The van der Waals surface area contributed by atoms with Crippen molar-refractivity contribution in [2.45, 2.75) is 26.7 Å². The summed E-state index contributed by atoms with van der Waals surface area (Å²) in [5.41, 5.74) is 2.75. The van der Waals surface area contributed by atoms with E-state index in [9.17, 15) is 4.79 Å². The van der Waals surface area contributed by atoms with Gasteiger partial charge in [0.1, 0.15) is 5.75 Å². The number of carbonyl (C=O) groups is 1. The standard InChI is InChI=1S/C18H22ClN3O2/c1-4-5-6-21-14-8-13(10-20-11-14)18(23)22-16-7-12(2)15(19)9-17(16)24-3/h7-11,21H,4-6H2,1-3H3,(H,22,23). The number of aromatic nitrogens is 1. The zero-order valence-electron chi connectivity index (χ0n) is 14.1. The molecule has 0 aliphatic rings. The van der Waals surface area contributed by atoms with Crippen LogP contribution in [0.5, 0.6) is 5.75 Å². The maximum absolute atomic E-state index is 12.5. The van der Waals surface area contributed by atoms with Gasteiger partial charge in [0.05, 0.1) is 24.0 Å². The van der Waals surface area contributed by atoms with E-state index in [0.29, 0.717) is 22.0 Å². The summed E-state index contributed by atoms with van der Waals surface area (Å²) in [4.78, 5) is 16.6. The number of aryl methyl sites for hydroxylation is 1. The summed E-state index contributed by atoms with van der Waals surface area (Å²) in [6.45, 7) is 4.86. The minimum Gasteiger partial charge on any atom is -0.495 e. The number of amides is 1. The van der Waals surface area contributed by atoms with E-state index in [1.807, 2.05) is 6.92 Å². The zero-order chi connectivity index (χ0) is 17.5. The number of hydrogen-bond acceptors (Lipinski definition) is 4. The van der Waals surface area contributed by atoms with Gasteiger partial charge in [0.15, 0.2) is 0 Å². The van der Waals surface area contributed by atoms with Crippen molar-refractivity contribution in [3.8, 4) is 5.75 Å². The van der Waals surface area contributed by atoms with Crippen LogP contribution in [0.4, 0.5) is 11.4 Å². The second-order valence-corrected chi connectivity index (χ2v) is 5.91. The number of pyridine rings is 1. The van der Waals surface area contributed by atoms with E-state index in [1.165, 1.54) is 13.3 Å². The van der Waals surface area contributed by atoms with Crippen molar-refractivity contribution in [2.24, 2.45) is 0 Å². The van der Waals surface area contributed by atoms with Crippen molar-refractivity contribution < 1.29 is 9.53 Å². The molecule has 6 heteroatoms. The van der Waals surface area contributed by atoms with Crippen LogP contribution in [0.2, 0.25) is 5.02 Å². The van der Waals surface area contributed by atoms with Crippen LogP contribution >= 0.6 is 11.6 Å². The molecule has 1 heterocycles. The minimum absolute atomic E-state index is 0.248. The average molecular weight is 348 g/mol. The van der Waals surface area contributed by atoms with E-state index < -0.39 is 0 Å². The van der Waals surface area contributed by atoms with Crippen LogP contribution in [-0.2, 0) is 0 Å². The Hall–Kier alpha value is -2.27. The monoisotopic (exact) mass is 347 g/mol. The summed E-state index contributed by atoms with van der Waals surface area (Å²) in [5, 5.41) is 6.70. The van der Waals surface area contributed by atoms with Crippen molar-refractivity contribution in [1.82, 2.24) is 4.98 Å². The second kappa shape index (κ2) is 8.55. The normalized spacial score (nSPS) is 10.3. The predicted octanol–water partition coefficient (Wildman–Crippen LogP) is 4.52. The number of methoxy groups -OCH3 is 1. The zero-order valence-corrected chi connectivity index (χ0v) is 14.9. The third-order valence-electron chi connectivity index (χ3n) is 3.59. The third-order valence-corrected chi connectivity index (χ3v) is 4.00. The molecule has 0 radical (unpaired) electrons. The largest absolute Gasteiger partial charge is 0.495 e. The molecule has 0 aliphatic heterocycles. The van der Waals surface area contributed by atoms with Gasteiger partial charge < -0.3 is 15.4 Å². The molecular formula is C18H22ClN3O2. The Morgan fingerprint density at radius 2 is 2.08 bits per heavy atom. The Balaban J connectivity index is 2.15. The summed E-state index contributed by atoms with van der Waals surface area (Å²) < 4.78 is 5.28. The van der Waals surface area contributed by atoms with E-state index in [0.717, 1.165) is 30.6 Å². The molecule has 0 unspecified atom stereocenters. The Morgan fingerprint density at radius 1 is 1.29 bits per heavy atom. The van der Waals surface area contributed by atoms with Gasteiger partial charge in [-0.1, -0.05) is 24.9 Å². The van der Waals surface area contributed by atoms with Gasteiger partial charge in [-0.05, 0) is 31.0 Å². The minimum atomic E-state index is -0.248.